The summed E-state index contributed by atoms with van der Waals surface area (Å²) in [6.45, 7) is 2.74. The Bertz CT molecular complexity index is 558. The van der Waals surface area contributed by atoms with Crippen LogP contribution in [0, 0.1) is 0 Å². The highest BCUT2D eigenvalue weighted by atomic mass is 16.2. The van der Waals surface area contributed by atoms with Gasteiger partial charge in [-0.3, -0.25) is 9.69 Å². The molecule has 2 heterocycles. The van der Waals surface area contributed by atoms with Crippen LogP contribution in [-0.4, -0.2) is 30.6 Å². The Labute approximate surface area is 124 Å². The van der Waals surface area contributed by atoms with Gasteiger partial charge < -0.3 is 10.6 Å². The summed E-state index contributed by atoms with van der Waals surface area (Å²) in [5, 5.41) is 5.75. The van der Waals surface area contributed by atoms with E-state index >= 15 is 0 Å². The Morgan fingerprint density at radius 1 is 1.33 bits per heavy atom. The molecule has 0 spiro atoms. The third-order valence-corrected chi connectivity index (χ3v) is 4.26. The van der Waals surface area contributed by atoms with Crippen LogP contribution in [0.25, 0.3) is 0 Å². The van der Waals surface area contributed by atoms with Gasteiger partial charge in [0.2, 0.25) is 5.91 Å². The molecule has 2 N–H and O–H groups in total. The molecule has 0 aliphatic carbocycles. The number of nitrogens with one attached hydrogen (secondary N) is 2. The van der Waals surface area contributed by atoms with Gasteiger partial charge in [-0.2, -0.15) is 0 Å². The second-order valence-electron chi connectivity index (χ2n) is 5.84. The third kappa shape index (κ3) is 2.73. The molecule has 3 rings (SSSR count). The number of benzene rings is 1. The van der Waals surface area contributed by atoms with E-state index in [4.69, 9.17) is 0 Å². The Balaban J connectivity index is 1.74. The van der Waals surface area contributed by atoms with E-state index < -0.39 is 6.04 Å². The maximum Gasteiger partial charge on any atom is 0.322 e. The Morgan fingerprint density at radius 2 is 2.14 bits per heavy atom. The topological polar surface area (TPSA) is 61.4 Å². The lowest BCUT2D eigenvalue weighted by molar-refractivity contribution is -0.122. The Hall–Kier alpha value is -2.04. The van der Waals surface area contributed by atoms with E-state index in [1.165, 1.54) is 5.56 Å². The fourth-order valence-corrected chi connectivity index (χ4v) is 3.17. The van der Waals surface area contributed by atoms with E-state index in [1.807, 2.05) is 25.1 Å². The van der Waals surface area contributed by atoms with Gasteiger partial charge in [0.05, 0.1) is 0 Å². The predicted molar refractivity (Wildman–Crippen MR) is 81.3 cm³/mol. The minimum absolute atomic E-state index is 0.0685. The summed E-state index contributed by atoms with van der Waals surface area (Å²) in [6.07, 6.45) is 3.50. The molecule has 0 radical (unpaired) electrons. The van der Waals surface area contributed by atoms with Gasteiger partial charge in [-0.05, 0) is 44.2 Å². The van der Waals surface area contributed by atoms with Crippen LogP contribution in [0.15, 0.2) is 24.3 Å². The second-order valence-corrected chi connectivity index (χ2v) is 5.84. The van der Waals surface area contributed by atoms with Crippen LogP contribution in [0.1, 0.15) is 31.7 Å². The first-order valence-electron chi connectivity index (χ1n) is 7.62. The van der Waals surface area contributed by atoms with Crippen molar-refractivity contribution in [2.24, 2.45) is 0 Å². The van der Waals surface area contributed by atoms with Gasteiger partial charge in [0.15, 0.2) is 0 Å². The number of para-hydroxylation sites is 1. The van der Waals surface area contributed by atoms with Crippen LogP contribution in [0.4, 0.5) is 10.5 Å². The number of amides is 3. The standard InChI is InChI=1S/C16H21N3O2/c1-11-10-12-6-2-3-8-14(12)19(11)16(21)18-13-7-4-5-9-17-15(13)20/h2-3,6,8,11,13H,4-5,7,9-10H2,1H3,(H,17,20)(H,18,21)/t11-,13-/m0/s1. The van der Waals surface area contributed by atoms with Crippen molar-refractivity contribution in [2.45, 2.75) is 44.7 Å². The van der Waals surface area contributed by atoms with Crippen molar-refractivity contribution >= 4 is 17.6 Å². The van der Waals surface area contributed by atoms with E-state index in [1.54, 1.807) is 4.90 Å². The van der Waals surface area contributed by atoms with Crippen LogP contribution in [0.5, 0.6) is 0 Å². The van der Waals surface area contributed by atoms with Gasteiger partial charge in [0.25, 0.3) is 0 Å². The summed E-state index contributed by atoms with van der Waals surface area (Å²) in [4.78, 5) is 26.3. The van der Waals surface area contributed by atoms with Gasteiger partial charge in [0.1, 0.15) is 6.04 Å². The van der Waals surface area contributed by atoms with Crippen LogP contribution >= 0.6 is 0 Å². The zero-order chi connectivity index (χ0) is 14.8. The molecule has 1 fully saturated rings. The third-order valence-electron chi connectivity index (χ3n) is 4.26. The minimum Gasteiger partial charge on any atom is -0.354 e. The van der Waals surface area contributed by atoms with Crippen molar-refractivity contribution in [3.63, 3.8) is 0 Å². The highest BCUT2D eigenvalue weighted by molar-refractivity contribution is 5.97. The first-order chi connectivity index (χ1) is 10.2. The zero-order valence-corrected chi connectivity index (χ0v) is 12.3. The maximum atomic E-state index is 12.6. The molecule has 2 atom stereocenters. The fourth-order valence-electron chi connectivity index (χ4n) is 3.17. The summed E-state index contributed by atoms with van der Waals surface area (Å²) in [5.74, 6) is -0.0685. The summed E-state index contributed by atoms with van der Waals surface area (Å²) >= 11 is 0. The highest BCUT2D eigenvalue weighted by Gasteiger charge is 2.33. The number of hydrogen-bond donors (Lipinski definition) is 2. The summed E-state index contributed by atoms with van der Waals surface area (Å²) in [5.41, 5.74) is 2.14. The molecule has 5 nitrogen and oxygen atoms in total. The van der Waals surface area contributed by atoms with E-state index in [0.29, 0.717) is 13.0 Å². The number of carbonyl (C=O) groups excluding carboxylic acids is 2. The van der Waals surface area contributed by atoms with Gasteiger partial charge >= 0.3 is 6.03 Å². The molecule has 1 saturated heterocycles. The number of nitrogens with zero attached hydrogens (tertiary/aromatic N) is 1. The van der Waals surface area contributed by atoms with Crippen molar-refractivity contribution in [3.05, 3.63) is 29.8 Å². The molecule has 0 aromatic heterocycles. The number of carbonyl (C=O) groups is 2. The molecule has 1 aromatic rings. The normalized spacial score (nSPS) is 25.0. The number of hydrogen-bond acceptors (Lipinski definition) is 2. The highest BCUT2D eigenvalue weighted by Crippen LogP contribution is 2.31. The Kier molecular flexibility index (Phi) is 3.82. The molecule has 0 saturated carbocycles. The van der Waals surface area contributed by atoms with E-state index in [9.17, 15) is 9.59 Å². The molecule has 21 heavy (non-hydrogen) atoms. The molecule has 112 valence electrons. The van der Waals surface area contributed by atoms with E-state index in [0.717, 1.165) is 24.9 Å². The molecular weight excluding hydrogens is 266 g/mol. The monoisotopic (exact) mass is 287 g/mol. The van der Waals surface area contributed by atoms with Gasteiger partial charge in [0, 0.05) is 18.3 Å². The number of fused-ring (bicyclic) bond motifs is 1. The minimum atomic E-state index is -0.417. The quantitative estimate of drug-likeness (QED) is 0.827. The summed E-state index contributed by atoms with van der Waals surface area (Å²) in [6, 6.07) is 7.48. The molecule has 2 aliphatic rings. The van der Waals surface area contributed by atoms with Crippen molar-refractivity contribution in [1.82, 2.24) is 10.6 Å². The first kappa shape index (κ1) is 13.9. The SMILES string of the molecule is C[C@H]1Cc2ccccc2N1C(=O)N[C@H]1CCCCNC1=O. The molecular formula is C16H21N3O2. The van der Waals surface area contributed by atoms with Gasteiger partial charge in [-0.25, -0.2) is 4.79 Å². The van der Waals surface area contributed by atoms with E-state index in [2.05, 4.69) is 16.7 Å². The fraction of sp³-hybridized carbons (Fsp3) is 0.500. The summed E-state index contributed by atoms with van der Waals surface area (Å²) in [7, 11) is 0. The zero-order valence-electron chi connectivity index (χ0n) is 12.3. The smallest absolute Gasteiger partial charge is 0.322 e. The number of rotatable bonds is 1. The van der Waals surface area contributed by atoms with Crippen molar-refractivity contribution < 1.29 is 9.59 Å². The lowest BCUT2D eigenvalue weighted by Gasteiger charge is -2.25. The Morgan fingerprint density at radius 3 is 3.00 bits per heavy atom. The maximum absolute atomic E-state index is 12.6. The lowest BCUT2D eigenvalue weighted by Crippen LogP contribution is -2.52. The largest absolute Gasteiger partial charge is 0.354 e. The number of anilines is 1. The van der Waals surface area contributed by atoms with Gasteiger partial charge in [-0.15, -0.1) is 0 Å². The van der Waals surface area contributed by atoms with Crippen molar-refractivity contribution in [2.75, 3.05) is 11.4 Å². The lowest BCUT2D eigenvalue weighted by atomic mass is 10.1. The van der Waals surface area contributed by atoms with Gasteiger partial charge in [-0.1, -0.05) is 18.2 Å². The van der Waals surface area contributed by atoms with Crippen molar-refractivity contribution in [1.29, 1.82) is 0 Å². The average Bonchev–Trinajstić information content (AvgIpc) is 2.67. The molecule has 0 unspecified atom stereocenters. The number of urea groups is 1. The average molecular weight is 287 g/mol. The predicted octanol–water partition coefficient (Wildman–Crippen LogP) is 1.82. The van der Waals surface area contributed by atoms with Crippen LogP contribution in [-0.2, 0) is 11.2 Å². The van der Waals surface area contributed by atoms with Crippen LogP contribution in [0.3, 0.4) is 0 Å². The van der Waals surface area contributed by atoms with Crippen LogP contribution < -0.4 is 15.5 Å². The van der Waals surface area contributed by atoms with E-state index in [-0.39, 0.29) is 18.0 Å². The molecule has 0 bridgehead atoms. The molecule has 2 aliphatic heterocycles. The van der Waals surface area contributed by atoms with Crippen molar-refractivity contribution in [3.8, 4) is 0 Å². The first-order valence-corrected chi connectivity index (χ1v) is 7.62. The molecule has 1 aromatic carbocycles. The van der Waals surface area contributed by atoms with Crippen LogP contribution in [0.2, 0.25) is 0 Å². The second kappa shape index (κ2) is 5.76. The molecule has 5 heteroatoms. The molecule has 3 amide bonds. The summed E-state index contributed by atoms with van der Waals surface area (Å²) < 4.78 is 0.